The van der Waals surface area contributed by atoms with Crippen molar-refractivity contribution in [3.05, 3.63) is 35.5 Å². The van der Waals surface area contributed by atoms with Crippen LogP contribution >= 0.6 is 0 Å². The van der Waals surface area contributed by atoms with Gasteiger partial charge >= 0.3 is 0 Å². The first-order valence-electron chi connectivity index (χ1n) is 15.6. The van der Waals surface area contributed by atoms with E-state index < -0.39 is 35.5 Å². The Morgan fingerprint density at radius 3 is 2.76 bits per heavy atom. The van der Waals surface area contributed by atoms with Crippen molar-refractivity contribution < 1.29 is 24.2 Å². The number of carbonyl (C=O) groups excluding carboxylic acids is 3. The number of carbonyl (C=O) groups is 3. The maximum absolute atomic E-state index is 14.4. The molecule has 3 N–H and O–H groups in total. The first-order valence-corrected chi connectivity index (χ1v) is 15.6. The number of benzene rings is 1. The summed E-state index contributed by atoms with van der Waals surface area (Å²) in [5.74, 6) is -3.48. The SMILES string of the molecule is CC(C)C[C@H]1C(=O)N2CCCC2[C@]2(O)O[C@](NC(=O)C3CC4c5cccc6[nH]cc(c56)CC4N(C)C3)(C(C)C)C(=O)N12. The molecule has 1 aliphatic carbocycles. The fourth-order valence-corrected chi connectivity index (χ4v) is 8.63. The van der Waals surface area contributed by atoms with Crippen molar-refractivity contribution in [1.29, 1.82) is 0 Å². The van der Waals surface area contributed by atoms with Crippen LogP contribution in [0.3, 0.4) is 0 Å². The second-order valence-corrected chi connectivity index (χ2v) is 14.0. The van der Waals surface area contributed by atoms with Crippen molar-refractivity contribution in [2.24, 2.45) is 17.8 Å². The number of aromatic nitrogens is 1. The number of hydrogen-bond donors (Lipinski definition) is 3. The van der Waals surface area contributed by atoms with Crippen LogP contribution in [0.15, 0.2) is 24.4 Å². The Labute approximate surface area is 246 Å². The lowest BCUT2D eigenvalue weighted by Crippen LogP contribution is -2.71. The van der Waals surface area contributed by atoms with Crippen LogP contribution in [0.25, 0.3) is 10.9 Å². The molecular formula is C32H43N5O5. The van der Waals surface area contributed by atoms with Gasteiger partial charge in [-0.2, -0.15) is 0 Å². The van der Waals surface area contributed by atoms with E-state index in [2.05, 4.69) is 46.6 Å². The quantitative estimate of drug-likeness (QED) is 0.503. The van der Waals surface area contributed by atoms with Gasteiger partial charge in [-0.3, -0.25) is 24.0 Å². The second kappa shape index (κ2) is 9.53. The highest BCUT2D eigenvalue weighted by Crippen LogP contribution is 2.49. The molecule has 7 rings (SSSR count). The maximum Gasteiger partial charge on any atom is 0.281 e. The van der Waals surface area contributed by atoms with Crippen molar-refractivity contribution in [2.45, 2.75) is 95.5 Å². The number of ether oxygens (including phenoxy) is 1. The summed E-state index contributed by atoms with van der Waals surface area (Å²) in [6.07, 6.45) is 5.36. The molecule has 4 aliphatic heterocycles. The number of hydrogen-bond acceptors (Lipinski definition) is 6. The first kappa shape index (κ1) is 27.9. The summed E-state index contributed by atoms with van der Waals surface area (Å²) >= 11 is 0. The molecule has 42 heavy (non-hydrogen) atoms. The van der Waals surface area contributed by atoms with E-state index in [-0.39, 0.29) is 35.6 Å². The number of amides is 3. The fraction of sp³-hybridized carbons (Fsp3) is 0.656. The molecular weight excluding hydrogens is 534 g/mol. The zero-order chi connectivity index (χ0) is 29.7. The van der Waals surface area contributed by atoms with E-state index in [0.717, 1.165) is 18.4 Å². The highest BCUT2D eigenvalue weighted by Gasteiger charge is 2.72. The Morgan fingerprint density at radius 1 is 1.24 bits per heavy atom. The van der Waals surface area contributed by atoms with E-state index in [9.17, 15) is 19.5 Å². The number of rotatable bonds is 5. The third-order valence-corrected chi connectivity index (χ3v) is 10.7. The van der Waals surface area contributed by atoms with E-state index in [0.29, 0.717) is 32.4 Å². The van der Waals surface area contributed by atoms with Gasteiger partial charge in [-0.05, 0) is 62.3 Å². The molecule has 0 saturated carbocycles. The zero-order valence-corrected chi connectivity index (χ0v) is 25.2. The molecule has 0 spiro atoms. The van der Waals surface area contributed by atoms with E-state index in [1.807, 2.05) is 27.7 Å². The average molecular weight is 578 g/mol. The van der Waals surface area contributed by atoms with Gasteiger partial charge in [-0.1, -0.05) is 39.8 Å². The van der Waals surface area contributed by atoms with Crippen molar-refractivity contribution in [1.82, 2.24) is 25.0 Å². The highest BCUT2D eigenvalue weighted by molar-refractivity contribution is 5.97. The van der Waals surface area contributed by atoms with E-state index >= 15 is 0 Å². The minimum atomic E-state index is -1.99. The third-order valence-electron chi connectivity index (χ3n) is 10.7. The smallest absolute Gasteiger partial charge is 0.281 e. The molecule has 4 fully saturated rings. The Bertz CT molecular complexity index is 1450. The number of nitrogens with zero attached hydrogens (tertiary/aromatic N) is 3. The average Bonchev–Trinajstić information content (AvgIpc) is 3.65. The number of aliphatic hydroxyl groups is 1. The summed E-state index contributed by atoms with van der Waals surface area (Å²) in [6.45, 7) is 8.73. The van der Waals surface area contributed by atoms with Crippen molar-refractivity contribution in [2.75, 3.05) is 20.1 Å². The summed E-state index contributed by atoms with van der Waals surface area (Å²) in [6, 6.07) is 5.13. The molecule has 4 unspecified atom stereocenters. The minimum absolute atomic E-state index is 0.116. The molecule has 1 aromatic heterocycles. The summed E-state index contributed by atoms with van der Waals surface area (Å²) < 4.78 is 6.45. The Hall–Kier alpha value is -2.95. The maximum atomic E-state index is 14.4. The van der Waals surface area contributed by atoms with Gasteiger partial charge in [0.05, 0.1) is 5.92 Å². The monoisotopic (exact) mass is 577 g/mol. The highest BCUT2D eigenvalue weighted by atomic mass is 16.7. The number of likely N-dealkylation sites (tertiary alicyclic amines) is 1. The van der Waals surface area contributed by atoms with Gasteiger partial charge < -0.3 is 25.2 Å². The van der Waals surface area contributed by atoms with Gasteiger partial charge in [0.1, 0.15) is 12.1 Å². The van der Waals surface area contributed by atoms with Crippen LogP contribution in [-0.4, -0.2) is 92.4 Å². The Morgan fingerprint density at radius 2 is 2.02 bits per heavy atom. The number of likely N-dealkylation sites (N-methyl/N-ethyl adjacent to an activating group) is 1. The van der Waals surface area contributed by atoms with Crippen LogP contribution in [-0.2, 0) is 25.5 Å². The lowest BCUT2D eigenvalue weighted by molar-refractivity contribution is -0.322. The van der Waals surface area contributed by atoms with Crippen molar-refractivity contribution in [3.63, 3.8) is 0 Å². The topological polar surface area (TPSA) is 118 Å². The van der Waals surface area contributed by atoms with E-state index in [4.69, 9.17) is 4.74 Å². The number of nitrogens with one attached hydrogen (secondary N) is 2. The van der Waals surface area contributed by atoms with E-state index in [1.54, 1.807) is 4.90 Å². The summed E-state index contributed by atoms with van der Waals surface area (Å²) in [4.78, 5) is 50.8. The summed E-state index contributed by atoms with van der Waals surface area (Å²) in [7, 11) is 2.07. The lowest BCUT2D eigenvalue weighted by atomic mass is 9.72. The van der Waals surface area contributed by atoms with Gasteiger partial charge in [0.15, 0.2) is 0 Å². The number of fused-ring (bicyclic) bond motifs is 5. The normalized spacial score (nSPS) is 36.1. The predicted octanol–water partition coefficient (Wildman–Crippen LogP) is 2.52. The molecule has 10 nitrogen and oxygen atoms in total. The molecule has 0 bridgehead atoms. The van der Waals surface area contributed by atoms with Gasteiger partial charge in [-0.15, -0.1) is 0 Å². The molecule has 5 aliphatic rings. The van der Waals surface area contributed by atoms with Crippen LogP contribution in [0, 0.1) is 17.8 Å². The number of aromatic amines is 1. The summed E-state index contributed by atoms with van der Waals surface area (Å²) in [5, 5.41) is 16.4. The molecule has 0 radical (unpaired) electrons. The molecule has 5 heterocycles. The molecule has 1 aromatic carbocycles. The molecule has 3 amide bonds. The van der Waals surface area contributed by atoms with Gasteiger partial charge in [0.2, 0.25) is 17.5 Å². The molecule has 10 heteroatoms. The van der Waals surface area contributed by atoms with Crippen molar-refractivity contribution in [3.8, 4) is 0 Å². The third kappa shape index (κ3) is 3.77. The van der Waals surface area contributed by atoms with Gasteiger partial charge in [0.25, 0.3) is 11.8 Å². The first-order chi connectivity index (χ1) is 20.0. The standard InChI is InChI=1S/C32H43N5O5/c1-17(2)12-25-29(39)36-11-7-10-26(36)32(41)37(25)30(40)31(42-32,18(3)4)34-28(38)20-13-22-21-8-6-9-23-27(21)19(15-33-23)14-24(22)35(5)16-20/h6,8-9,15,17-18,20,22,24-26,33,41H,7,10-14,16H2,1-5H3,(H,34,38)/t20?,22?,24?,25-,26?,31+,32-/m0/s1. The van der Waals surface area contributed by atoms with Crippen LogP contribution < -0.4 is 5.32 Å². The van der Waals surface area contributed by atoms with Crippen LogP contribution in [0.2, 0.25) is 0 Å². The van der Waals surface area contributed by atoms with Gasteiger partial charge in [0, 0.05) is 48.1 Å². The zero-order valence-electron chi connectivity index (χ0n) is 25.2. The van der Waals surface area contributed by atoms with Crippen LogP contribution in [0.4, 0.5) is 0 Å². The predicted molar refractivity (Wildman–Crippen MR) is 156 cm³/mol. The molecule has 226 valence electrons. The Kier molecular flexibility index (Phi) is 6.32. The largest absolute Gasteiger partial charge is 0.361 e. The van der Waals surface area contributed by atoms with Crippen LogP contribution in [0.5, 0.6) is 0 Å². The molecule has 7 atom stereocenters. The number of H-pyrrole nitrogens is 1. The van der Waals surface area contributed by atoms with Crippen molar-refractivity contribution >= 4 is 28.6 Å². The Balaban J connectivity index is 1.20. The summed E-state index contributed by atoms with van der Waals surface area (Å²) in [5.41, 5.74) is 1.93. The minimum Gasteiger partial charge on any atom is -0.361 e. The van der Waals surface area contributed by atoms with Gasteiger partial charge in [-0.25, -0.2) is 0 Å². The van der Waals surface area contributed by atoms with Crippen LogP contribution in [0.1, 0.15) is 70.4 Å². The number of piperidine rings is 1. The second-order valence-electron chi connectivity index (χ2n) is 14.0. The molecule has 2 aromatic rings. The fourth-order valence-electron chi connectivity index (χ4n) is 8.63. The number of piperazine rings is 1. The van der Waals surface area contributed by atoms with E-state index in [1.165, 1.54) is 21.4 Å². The lowest BCUT2D eigenvalue weighted by Gasteiger charge is -2.49. The molecule has 4 saturated heterocycles.